The standard InChI is InChI=1S/C20H22N4O4/c1-16(28-21-15-17-7-5-6-10-19(17)24(26)27)20(25)23-13-11-22(12-14-23)18-8-3-2-4-9-18/h2-10,15-16H,11-14H2,1H3/b21-15+. The van der Waals surface area contributed by atoms with Crippen molar-refractivity contribution in [2.45, 2.75) is 13.0 Å². The molecule has 1 unspecified atom stereocenters. The lowest BCUT2D eigenvalue weighted by Gasteiger charge is -2.36. The van der Waals surface area contributed by atoms with Crippen molar-refractivity contribution in [1.82, 2.24) is 4.90 Å². The lowest BCUT2D eigenvalue weighted by atomic mass is 10.2. The Hall–Kier alpha value is -3.42. The third kappa shape index (κ3) is 4.64. The summed E-state index contributed by atoms with van der Waals surface area (Å²) in [6.45, 7) is 4.34. The summed E-state index contributed by atoms with van der Waals surface area (Å²) in [6, 6.07) is 16.3. The third-order valence-electron chi connectivity index (χ3n) is 4.60. The predicted molar refractivity (Wildman–Crippen MR) is 106 cm³/mol. The lowest BCUT2D eigenvalue weighted by Crippen LogP contribution is -2.51. The number of nitrogens with zero attached hydrogens (tertiary/aromatic N) is 4. The summed E-state index contributed by atoms with van der Waals surface area (Å²) in [5, 5.41) is 14.8. The highest BCUT2D eigenvalue weighted by Crippen LogP contribution is 2.17. The first-order valence-corrected chi connectivity index (χ1v) is 9.07. The molecule has 0 spiro atoms. The van der Waals surface area contributed by atoms with E-state index in [4.69, 9.17) is 4.84 Å². The first kappa shape index (κ1) is 19.3. The average Bonchev–Trinajstić information content (AvgIpc) is 2.74. The number of carbonyl (C=O) groups is 1. The lowest BCUT2D eigenvalue weighted by molar-refractivity contribution is -0.385. The molecule has 0 N–H and O–H groups in total. The first-order chi connectivity index (χ1) is 13.6. The van der Waals surface area contributed by atoms with Crippen molar-refractivity contribution in [3.05, 3.63) is 70.3 Å². The number of anilines is 1. The van der Waals surface area contributed by atoms with Crippen LogP contribution in [0.5, 0.6) is 0 Å². The van der Waals surface area contributed by atoms with Gasteiger partial charge in [0, 0.05) is 37.9 Å². The summed E-state index contributed by atoms with van der Waals surface area (Å²) in [6.07, 6.45) is 0.497. The number of piperazine rings is 1. The number of amides is 1. The van der Waals surface area contributed by atoms with Gasteiger partial charge in [-0.25, -0.2) is 0 Å². The van der Waals surface area contributed by atoms with Crippen LogP contribution in [0.1, 0.15) is 12.5 Å². The first-order valence-electron chi connectivity index (χ1n) is 9.07. The molecule has 8 nitrogen and oxygen atoms in total. The second-order valence-corrected chi connectivity index (χ2v) is 6.45. The summed E-state index contributed by atoms with van der Waals surface area (Å²) in [7, 11) is 0. The Morgan fingerprint density at radius 1 is 1.11 bits per heavy atom. The van der Waals surface area contributed by atoms with Gasteiger partial charge in [0.15, 0.2) is 0 Å². The Morgan fingerprint density at radius 2 is 1.75 bits per heavy atom. The van der Waals surface area contributed by atoms with E-state index in [-0.39, 0.29) is 11.6 Å². The van der Waals surface area contributed by atoms with Gasteiger partial charge in [0.2, 0.25) is 6.10 Å². The number of carbonyl (C=O) groups excluding carboxylic acids is 1. The van der Waals surface area contributed by atoms with Crippen LogP contribution >= 0.6 is 0 Å². The molecule has 2 aromatic carbocycles. The molecule has 0 radical (unpaired) electrons. The maximum absolute atomic E-state index is 12.6. The van der Waals surface area contributed by atoms with Crippen LogP contribution < -0.4 is 4.90 Å². The van der Waals surface area contributed by atoms with Gasteiger partial charge in [-0.15, -0.1) is 0 Å². The topological polar surface area (TPSA) is 88.3 Å². The molecule has 1 aliphatic heterocycles. The number of hydrogen-bond donors (Lipinski definition) is 0. The average molecular weight is 382 g/mol. The third-order valence-corrected chi connectivity index (χ3v) is 4.60. The van der Waals surface area contributed by atoms with E-state index in [0.717, 1.165) is 18.8 Å². The zero-order valence-corrected chi connectivity index (χ0v) is 15.6. The summed E-state index contributed by atoms with van der Waals surface area (Å²) >= 11 is 0. The number of rotatable bonds is 6. The van der Waals surface area contributed by atoms with Crippen LogP contribution in [0.15, 0.2) is 59.8 Å². The van der Waals surface area contributed by atoms with Crippen molar-refractivity contribution in [2.75, 3.05) is 31.1 Å². The van der Waals surface area contributed by atoms with E-state index < -0.39 is 11.0 Å². The van der Waals surface area contributed by atoms with E-state index in [9.17, 15) is 14.9 Å². The van der Waals surface area contributed by atoms with E-state index in [1.54, 1.807) is 30.0 Å². The number of nitro benzene ring substituents is 1. The summed E-state index contributed by atoms with van der Waals surface area (Å²) < 4.78 is 0. The van der Waals surface area contributed by atoms with Gasteiger partial charge in [0.05, 0.1) is 16.7 Å². The number of nitro groups is 1. The molecule has 1 amide bonds. The van der Waals surface area contributed by atoms with Crippen molar-refractivity contribution < 1.29 is 14.6 Å². The molecule has 8 heteroatoms. The molecular formula is C20H22N4O4. The predicted octanol–water partition coefficient (Wildman–Crippen LogP) is 2.68. The molecule has 0 saturated carbocycles. The maximum Gasteiger partial charge on any atom is 0.278 e. The number of hydrogen-bond acceptors (Lipinski definition) is 6. The highest BCUT2D eigenvalue weighted by atomic mass is 16.6. The molecule has 1 saturated heterocycles. The molecule has 2 aromatic rings. The summed E-state index contributed by atoms with van der Waals surface area (Å²) in [5.74, 6) is -0.146. The minimum Gasteiger partial charge on any atom is -0.383 e. The molecule has 0 aliphatic carbocycles. The molecule has 1 aliphatic rings. The van der Waals surface area contributed by atoms with Crippen molar-refractivity contribution in [3.8, 4) is 0 Å². The minimum absolute atomic E-state index is 0.0640. The van der Waals surface area contributed by atoms with Gasteiger partial charge < -0.3 is 14.6 Å². The van der Waals surface area contributed by atoms with E-state index in [1.807, 2.05) is 18.2 Å². The van der Waals surface area contributed by atoms with Crippen LogP contribution in [0.2, 0.25) is 0 Å². The van der Waals surface area contributed by atoms with Crippen LogP contribution in [0, 0.1) is 10.1 Å². The number of benzene rings is 2. The highest BCUT2D eigenvalue weighted by molar-refractivity contribution is 5.85. The Balaban J connectivity index is 1.52. The van der Waals surface area contributed by atoms with Crippen LogP contribution in [0.25, 0.3) is 0 Å². The molecule has 3 rings (SSSR count). The molecule has 1 heterocycles. The molecule has 146 valence electrons. The monoisotopic (exact) mass is 382 g/mol. The van der Waals surface area contributed by atoms with E-state index in [0.29, 0.717) is 18.7 Å². The maximum atomic E-state index is 12.6. The van der Waals surface area contributed by atoms with E-state index in [1.165, 1.54) is 12.3 Å². The Kier molecular flexibility index (Phi) is 6.21. The van der Waals surface area contributed by atoms with Gasteiger partial charge in [-0.1, -0.05) is 35.5 Å². The Labute approximate surface area is 163 Å². The second-order valence-electron chi connectivity index (χ2n) is 6.45. The quantitative estimate of drug-likeness (QED) is 0.435. The van der Waals surface area contributed by atoms with Crippen LogP contribution in [-0.2, 0) is 9.63 Å². The number of oxime groups is 1. The van der Waals surface area contributed by atoms with Gasteiger partial charge in [-0.3, -0.25) is 14.9 Å². The van der Waals surface area contributed by atoms with Crippen LogP contribution in [0.3, 0.4) is 0 Å². The molecular weight excluding hydrogens is 360 g/mol. The van der Waals surface area contributed by atoms with Crippen molar-refractivity contribution >= 4 is 23.5 Å². The fourth-order valence-electron chi connectivity index (χ4n) is 3.07. The van der Waals surface area contributed by atoms with E-state index >= 15 is 0 Å². The molecule has 28 heavy (non-hydrogen) atoms. The Morgan fingerprint density at radius 3 is 2.43 bits per heavy atom. The summed E-state index contributed by atoms with van der Waals surface area (Å²) in [5.41, 5.74) is 1.41. The van der Waals surface area contributed by atoms with Gasteiger partial charge in [0.25, 0.3) is 11.6 Å². The van der Waals surface area contributed by atoms with Crippen molar-refractivity contribution in [2.24, 2.45) is 5.16 Å². The Bertz CT molecular complexity index is 848. The SMILES string of the molecule is CC(O/N=C/c1ccccc1[N+](=O)[O-])C(=O)N1CCN(c2ccccc2)CC1. The number of para-hydroxylation sites is 2. The fourth-order valence-corrected chi connectivity index (χ4v) is 3.07. The van der Waals surface area contributed by atoms with Gasteiger partial charge in [0.1, 0.15) is 0 Å². The largest absolute Gasteiger partial charge is 0.383 e. The normalized spacial score (nSPS) is 15.5. The van der Waals surface area contributed by atoms with Crippen molar-refractivity contribution in [3.63, 3.8) is 0 Å². The molecule has 1 atom stereocenters. The van der Waals surface area contributed by atoms with Gasteiger partial charge in [-0.2, -0.15) is 0 Å². The zero-order valence-electron chi connectivity index (χ0n) is 15.6. The molecule has 0 aromatic heterocycles. The fraction of sp³-hybridized carbons (Fsp3) is 0.300. The van der Waals surface area contributed by atoms with Gasteiger partial charge in [-0.05, 0) is 25.1 Å². The van der Waals surface area contributed by atoms with Crippen molar-refractivity contribution in [1.29, 1.82) is 0 Å². The minimum atomic E-state index is -0.762. The van der Waals surface area contributed by atoms with Crippen LogP contribution in [-0.4, -0.2) is 54.2 Å². The summed E-state index contributed by atoms with van der Waals surface area (Å²) in [4.78, 5) is 32.3. The molecule has 1 fully saturated rings. The van der Waals surface area contributed by atoms with E-state index in [2.05, 4.69) is 22.2 Å². The second kappa shape index (κ2) is 8.98. The molecule has 0 bridgehead atoms. The smallest absolute Gasteiger partial charge is 0.278 e. The highest BCUT2D eigenvalue weighted by Gasteiger charge is 2.26. The van der Waals surface area contributed by atoms with Gasteiger partial charge >= 0.3 is 0 Å². The van der Waals surface area contributed by atoms with Crippen LogP contribution in [0.4, 0.5) is 11.4 Å². The zero-order chi connectivity index (χ0) is 19.9.